The number of hydrogen-bond acceptors (Lipinski definition) is 1. The molecule has 2 rings (SSSR count). The quantitative estimate of drug-likeness (QED) is 0.540. The predicted octanol–water partition coefficient (Wildman–Crippen LogP) is 5.51. The zero-order chi connectivity index (χ0) is 14.7. The zero-order valence-corrected chi connectivity index (χ0v) is 12.8. The molecule has 0 aliphatic heterocycles. The van der Waals surface area contributed by atoms with Gasteiger partial charge in [-0.15, -0.1) is 0 Å². The molecule has 0 saturated carbocycles. The van der Waals surface area contributed by atoms with Crippen molar-refractivity contribution >= 4 is 35.1 Å². The summed E-state index contributed by atoms with van der Waals surface area (Å²) in [5.74, 6) is -0.0425. The molecular formula is C17H14Cl2O. The first-order valence-corrected chi connectivity index (χ1v) is 6.97. The molecule has 0 radical (unpaired) electrons. The highest BCUT2D eigenvalue weighted by Crippen LogP contribution is 2.22. The second-order valence-electron chi connectivity index (χ2n) is 4.66. The fraction of sp³-hybridized carbons (Fsp3) is 0.118. The van der Waals surface area contributed by atoms with Crippen molar-refractivity contribution in [3.63, 3.8) is 0 Å². The van der Waals surface area contributed by atoms with E-state index in [1.165, 1.54) is 11.6 Å². The minimum atomic E-state index is -0.0425. The molecule has 2 aromatic rings. The average molecular weight is 305 g/mol. The first-order chi connectivity index (χ1) is 9.47. The third-order valence-corrected chi connectivity index (χ3v) is 3.73. The maximum atomic E-state index is 12.1. The Balaban J connectivity index is 2.22. The molecule has 0 aliphatic rings. The Morgan fingerprint density at radius 3 is 2.40 bits per heavy atom. The molecule has 0 fully saturated rings. The lowest BCUT2D eigenvalue weighted by Crippen LogP contribution is -1.95. The molecule has 0 aliphatic carbocycles. The Kier molecular flexibility index (Phi) is 4.64. The van der Waals surface area contributed by atoms with Crippen molar-refractivity contribution in [1.29, 1.82) is 0 Å². The van der Waals surface area contributed by atoms with Crippen molar-refractivity contribution in [2.75, 3.05) is 0 Å². The maximum absolute atomic E-state index is 12.1. The molecule has 0 spiro atoms. The van der Waals surface area contributed by atoms with E-state index in [-0.39, 0.29) is 5.78 Å². The molecule has 0 N–H and O–H groups in total. The molecule has 1 nitrogen and oxygen atoms in total. The fourth-order valence-electron chi connectivity index (χ4n) is 1.79. The molecule has 0 unspecified atom stereocenters. The topological polar surface area (TPSA) is 17.1 Å². The van der Waals surface area contributed by atoms with Crippen LogP contribution in [0, 0.1) is 13.8 Å². The number of ketones is 1. The van der Waals surface area contributed by atoms with Crippen LogP contribution in [-0.2, 0) is 0 Å². The van der Waals surface area contributed by atoms with Gasteiger partial charge in [-0.05, 0) is 60.9 Å². The van der Waals surface area contributed by atoms with Crippen LogP contribution in [0.3, 0.4) is 0 Å². The van der Waals surface area contributed by atoms with E-state index in [0.717, 1.165) is 11.1 Å². The fourth-order valence-corrected chi connectivity index (χ4v) is 2.26. The van der Waals surface area contributed by atoms with Gasteiger partial charge in [0.05, 0.1) is 0 Å². The molecule has 20 heavy (non-hydrogen) atoms. The molecule has 3 heteroatoms. The minimum Gasteiger partial charge on any atom is -0.289 e. The first-order valence-electron chi connectivity index (χ1n) is 6.22. The van der Waals surface area contributed by atoms with Gasteiger partial charge >= 0.3 is 0 Å². The van der Waals surface area contributed by atoms with Crippen LogP contribution < -0.4 is 0 Å². The first kappa shape index (κ1) is 14.8. The van der Waals surface area contributed by atoms with Crippen LogP contribution in [0.15, 0.2) is 42.5 Å². The normalized spacial score (nSPS) is 11.0. The molecule has 0 aromatic heterocycles. The van der Waals surface area contributed by atoms with Crippen molar-refractivity contribution in [3.05, 3.63) is 74.8 Å². The number of carbonyl (C=O) groups is 1. The maximum Gasteiger partial charge on any atom is 0.185 e. The summed E-state index contributed by atoms with van der Waals surface area (Å²) in [7, 11) is 0. The second-order valence-corrected chi connectivity index (χ2v) is 5.51. The molecule has 2 aromatic carbocycles. The average Bonchev–Trinajstić information content (AvgIpc) is 2.40. The van der Waals surface area contributed by atoms with Gasteiger partial charge in [-0.3, -0.25) is 4.79 Å². The molecule has 0 atom stereocenters. The SMILES string of the molecule is Cc1ccc(C(=O)/C=C/c2ccc(Cl)cc2Cl)cc1C. The van der Waals surface area contributed by atoms with E-state index < -0.39 is 0 Å². The zero-order valence-electron chi connectivity index (χ0n) is 11.3. The van der Waals surface area contributed by atoms with Crippen LogP contribution in [0.1, 0.15) is 27.0 Å². The standard InChI is InChI=1S/C17H14Cl2O/c1-11-3-4-14(9-12(11)2)17(20)8-6-13-5-7-15(18)10-16(13)19/h3-10H,1-2H3/b8-6+. The molecule has 0 amide bonds. The highest BCUT2D eigenvalue weighted by atomic mass is 35.5. The van der Waals surface area contributed by atoms with E-state index in [4.69, 9.17) is 23.2 Å². The van der Waals surface area contributed by atoms with Crippen molar-refractivity contribution in [1.82, 2.24) is 0 Å². The Morgan fingerprint density at radius 2 is 1.75 bits per heavy atom. The summed E-state index contributed by atoms with van der Waals surface area (Å²) >= 11 is 11.9. The van der Waals surface area contributed by atoms with Crippen molar-refractivity contribution in [2.45, 2.75) is 13.8 Å². The highest BCUT2D eigenvalue weighted by molar-refractivity contribution is 6.35. The third-order valence-electron chi connectivity index (χ3n) is 3.17. The van der Waals surface area contributed by atoms with Gasteiger partial charge in [0.25, 0.3) is 0 Å². The highest BCUT2D eigenvalue weighted by Gasteiger charge is 2.04. The number of allylic oxidation sites excluding steroid dienone is 1. The number of carbonyl (C=O) groups excluding carboxylic acids is 1. The number of rotatable bonds is 3. The number of halogens is 2. The summed E-state index contributed by atoms with van der Waals surface area (Å²) < 4.78 is 0. The Labute approximate surface area is 128 Å². The van der Waals surface area contributed by atoms with Crippen molar-refractivity contribution < 1.29 is 4.79 Å². The monoisotopic (exact) mass is 304 g/mol. The Morgan fingerprint density at radius 1 is 1.00 bits per heavy atom. The van der Waals surface area contributed by atoms with E-state index >= 15 is 0 Å². The van der Waals surface area contributed by atoms with Crippen LogP contribution in [0.5, 0.6) is 0 Å². The van der Waals surface area contributed by atoms with Crippen LogP contribution in [0.2, 0.25) is 10.0 Å². The predicted molar refractivity (Wildman–Crippen MR) is 85.7 cm³/mol. The van der Waals surface area contributed by atoms with Gasteiger partial charge in [-0.2, -0.15) is 0 Å². The van der Waals surface area contributed by atoms with Crippen LogP contribution in [0.25, 0.3) is 6.08 Å². The van der Waals surface area contributed by atoms with Gasteiger partial charge in [0.15, 0.2) is 5.78 Å². The van der Waals surface area contributed by atoms with E-state index in [1.54, 1.807) is 24.3 Å². The number of hydrogen-bond donors (Lipinski definition) is 0. The van der Waals surface area contributed by atoms with E-state index in [2.05, 4.69) is 0 Å². The number of aryl methyl sites for hydroxylation is 2. The number of benzene rings is 2. The van der Waals surface area contributed by atoms with Crippen LogP contribution in [0.4, 0.5) is 0 Å². The smallest absolute Gasteiger partial charge is 0.185 e. The van der Waals surface area contributed by atoms with Crippen LogP contribution in [-0.4, -0.2) is 5.78 Å². The van der Waals surface area contributed by atoms with Crippen molar-refractivity contribution in [2.24, 2.45) is 0 Å². The van der Waals surface area contributed by atoms with E-state index in [0.29, 0.717) is 15.6 Å². The van der Waals surface area contributed by atoms with E-state index in [9.17, 15) is 4.79 Å². The van der Waals surface area contributed by atoms with Gasteiger partial charge < -0.3 is 0 Å². The summed E-state index contributed by atoms with van der Waals surface area (Å²) in [5.41, 5.74) is 3.72. The van der Waals surface area contributed by atoms with Gasteiger partial charge in [0.2, 0.25) is 0 Å². The lowest BCUT2D eigenvalue weighted by molar-refractivity contribution is 0.104. The molecular weight excluding hydrogens is 291 g/mol. The third kappa shape index (κ3) is 3.50. The van der Waals surface area contributed by atoms with Crippen LogP contribution >= 0.6 is 23.2 Å². The summed E-state index contributed by atoms with van der Waals surface area (Å²) in [6.45, 7) is 4.01. The van der Waals surface area contributed by atoms with Crippen molar-refractivity contribution in [3.8, 4) is 0 Å². The molecule has 102 valence electrons. The summed E-state index contributed by atoms with van der Waals surface area (Å²) in [6.07, 6.45) is 3.23. The molecule has 0 saturated heterocycles. The van der Waals surface area contributed by atoms with E-state index in [1.807, 2.05) is 32.0 Å². The largest absolute Gasteiger partial charge is 0.289 e. The minimum absolute atomic E-state index is 0.0425. The summed E-state index contributed by atoms with van der Waals surface area (Å²) in [4.78, 5) is 12.1. The second kappa shape index (κ2) is 6.25. The summed E-state index contributed by atoms with van der Waals surface area (Å²) in [6, 6.07) is 10.9. The van der Waals surface area contributed by atoms with Gasteiger partial charge in [0.1, 0.15) is 0 Å². The molecule has 0 heterocycles. The lowest BCUT2D eigenvalue weighted by atomic mass is 10.0. The van der Waals surface area contributed by atoms with Gasteiger partial charge in [0, 0.05) is 15.6 Å². The molecule has 0 bridgehead atoms. The van der Waals surface area contributed by atoms with Gasteiger partial charge in [-0.25, -0.2) is 0 Å². The Bertz CT molecular complexity index is 687. The Hall–Kier alpha value is -1.57. The lowest BCUT2D eigenvalue weighted by Gasteiger charge is -2.02. The van der Waals surface area contributed by atoms with Gasteiger partial charge in [-0.1, -0.05) is 41.4 Å². The summed E-state index contributed by atoms with van der Waals surface area (Å²) in [5, 5.41) is 1.11.